The van der Waals surface area contributed by atoms with Crippen LogP contribution >= 0.6 is 11.9 Å². The molecule has 4 amide bonds. The van der Waals surface area contributed by atoms with Crippen LogP contribution in [0.4, 0.5) is 21.0 Å². The molecule has 1 rings (SSSR count). The van der Waals surface area contributed by atoms with Crippen LogP contribution in [0.2, 0.25) is 0 Å². The summed E-state index contributed by atoms with van der Waals surface area (Å²) < 4.78 is 2.61. The molecule has 0 aromatic heterocycles. The molecule has 20 heavy (non-hydrogen) atoms. The average molecular weight is 294 g/mol. The van der Waals surface area contributed by atoms with Gasteiger partial charge >= 0.3 is 12.1 Å². The van der Waals surface area contributed by atoms with E-state index >= 15 is 0 Å². The first-order valence-electron chi connectivity index (χ1n) is 5.91. The zero-order valence-electron chi connectivity index (χ0n) is 11.5. The lowest BCUT2D eigenvalue weighted by Gasteiger charge is -2.13. The maximum atomic E-state index is 11.6. The minimum atomic E-state index is -0.326. The van der Waals surface area contributed by atoms with Crippen LogP contribution in [0.1, 0.15) is 0 Å². The molecule has 3 N–H and O–H groups in total. The highest BCUT2D eigenvalue weighted by Crippen LogP contribution is 2.15. The molecule has 0 aliphatic rings. The molecule has 1 aromatic carbocycles. The molecule has 1 aromatic rings. The van der Waals surface area contributed by atoms with Gasteiger partial charge in [-0.25, -0.2) is 9.59 Å². The van der Waals surface area contributed by atoms with Crippen molar-refractivity contribution in [3.8, 4) is 0 Å². The van der Waals surface area contributed by atoms with Crippen molar-refractivity contribution in [2.24, 2.45) is 0 Å². The molecular weight excluding hydrogens is 276 g/mol. The number of rotatable bonds is 5. The fourth-order valence-electron chi connectivity index (χ4n) is 1.23. The number of nitrogens with zero attached hydrogens (tertiary/aromatic N) is 1. The van der Waals surface area contributed by atoms with Crippen molar-refractivity contribution < 1.29 is 9.59 Å². The summed E-state index contributed by atoms with van der Waals surface area (Å²) in [5, 5.41) is 5.38. The Labute approximate surface area is 122 Å². The zero-order valence-corrected chi connectivity index (χ0v) is 12.3. The van der Waals surface area contributed by atoms with E-state index in [1.54, 1.807) is 44.4 Å². The minimum absolute atomic E-state index is 0.229. The monoisotopic (exact) mass is 294 g/mol. The van der Waals surface area contributed by atoms with Gasteiger partial charge in [-0.3, -0.25) is 4.72 Å². The Morgan fingerprint density at radius 2 is 1.95 bits per heavy atom. The quantitative estimate of drug-likeness (QED) is 0.444. The largest absolute Gasteiger partial charge is 0.331 e. The number of hydrogen-bond donors (Lipinski definition) is 3. The summed E-state index contributed by atoms with van der Waals surface area (Å²) in [5.74, 6) is 0.631. The first-order valence-corrected chi connectivity index (χ1v) is 6.89. The summed E-state index contributed by atoms with van der Waals surface area (Å²) >= 11 is 1.24. The van der Waals surface area contributed by atoms with Crippen molar-refractivity contribution in [3.05, 3.63) is 36.9 Å². The van der Waals surface area contributed by atoms with Gasteiger partial charge in [0.2, 0.25) is 0 Å². The molecule has 0 atom stereocenters. The van der Waals surface area contributed by atoms with Gasteiger partial charge in [-0.15, -0.1) is 6.58 Å². The lowest BCUT2D eigenvalue weighted by molar-refractivity contribution is 0.230. The molecule has 0 radical (unpaired) electrons. The van der Waals surface area contributed by atoms with Crippen LogP contribution in [-0.2, 0) is 0 Å². The van der Waals surface area contributed by atoms with Crippen LogP contribution in [0.5, 0.6) is 0 Å². The van der Waals surface area contributed by atoms with E-state index in [4.69, 9.17) is 0 Å². The molecule has 0 saturated heterocycles. The van der Waals surface area contributed by atoms with E-state index in [2.05, 4.69) is 21.9 Å². The summed E-state index contributed by atoms with van der Waals surface area (Å²) in [4.78, 5) is 24.5. The molecule has 0 saturated carbocycles. The van der Waals surface area contributed by atoms with Crippen molar-refractivity contribution in [1.29, 1.82) is 0 Å². The third kappa shape index (κ3) is 5.66. The van der Waals surface area contributed by atoms with E-state index in [1.165, 1.54) is 16.8 Å². The number of hydrogen-bond acceptors (Lipinski definition) is 3. The molecule has 0 aliphatic carbocycles. The third-order valence-electron chi connectivity index (χ3n) is 2.14. The lowest BCUT2D eigenvalue weighted by atomic mass is 10.3. The van der Waals surface area contributed by atoms with Crippen LogP contribution in [0, 0.1) is 0 Å². The van der Waals surface area contributed by atoms with Gasteiger partial charge in [-0.05, 0) is 30.1 Å². The highest BCUT2D eigenvalue weighted by Gasteiger charge is 2.05. The number of urea groups is 2. The second-order valence-corrected chi connectivity index (χ2v) is 4.89. The van der Waals surface area contributed by atoms with Crippen molar-refractivity contribution in [2.45, 2.75) is 0 Å². The minimum Gasteiger partial charge on any atom is -0.331 e. The summed E-state index contributed by atoms with van der Waals surface area (Å²) in [7, 11) is 3.31. The molecule has 7 heteroatoms. The van der Waals surface area contributed by atoms with Gasteiger partial charge in [-0.2, -0.15) is 0 Å². The van der Waals surface area contributed by atoms with Crippen molar-refractivity contribution in [3.63, 3.8) is 0 Å². The number of anilines is 2. The van der Waals surface area contributed by atoms with E-state index in [1.807, 2.05) is 0 Å². The van der Waals surface area contributed by atoms with Crippen molar-refractivity contribution in [2.75, 3.05) is 30.5 Å². The predicted molar refractivity (Wildman–Crippen MR) is 84.0 cm³/mol. The average Bonchev–Trinajstić information content (AvgIpc) is 2.39. The number of benzene rings is 1. The van der Waals surface area contributed by atoms with Gasteiger partial charge in [-0.1, -0.05) is 12.1 Å². The Kier molecular flexibility index (Phi) is 6.45. The molecule has 6 nitrogen and oxygen atoms in total. The van der Waals surface area contributed by atoms with E-state index < -0.39 is 0 Å². The molecule has 0 bridgehead atoms. The second kappa shape index (κ2) is 8.11. The Morgan fingerprint density at radius 1 is 1.30 bits per heavy atom. The van der Waals surface area contributed by atoms with E-state index in [0.717, 1.165) is 0 Å². The summed E-state index contributed by atoms with van der Waals surface area (Å²) in [5.41, 5.74) is 1.21. The van der Waals surface area contributed by atoms with Crippen LogP contribution < -0.4 is 15.4 Å². The van der Waals surface area contributed by atoms with Gasteiger partial charge in [0.1, 0.15) is 0 Å². The van der Waals surface area contributed by atoms with Gasteiger partial charge in [0.05, 0.1) is 0 Å². The molecule has 0 heterocycles. The Balaban J connectivity index is 2.57. The molecular formula is C13H18N4O2S. The SMILES string of the molecule is C=CCSNC(=O)Nc1cccc(NC(=O)N(C)C)c1. The second-order valence-electron chi connectivity index (χ2n) is 4.06. The molecule has 0 fully saturated rings. The lowest BCUT2D eigenvalue weighted by Crippen LogP contribution is -2.27. The fourth-order valence-corrected chi connectivity index (χ4v) is 1.62. The van der Waals surface area contributed by atoms with Crippen molar-refractivity contribution >= 4 is 35.4 Å². The van der Waals surface area contributed by atoms with Gasteiger partial charge in [0, 0.05) is 31.2 Å². The van der Waals surface area contributed by atoms with Crippen molar-refractivity contribution in [1.82, 2.24) is 9.62 Å². The molecule has 0 aliphatic heterocycles. The Hall–Kier alpha value is -2.15. The number of carbonyl (C=O) groups is 2. The summed E-state index contributed by atoms with van der Waals surface area (Å²) in [6, 6.07) is 6.36. The number of amides is 4. The first kappa shape index (κ1) is 15.9. The maximum absolute atomic E-state index is 11.6. The van der Waals surface area contributed by atoms with Crippen LogP contribution in [0.3, 0.4) is 0 Å². The highest BCUT2D eigenvalue weighted by molar-refractivity contribution is 7.98. The van der Waals surface area contributed by atoms with E-state index in [0.29, 0.717) is 17.1 Å². The van der Waals surface area contributed by atoms with Gasteiger partial charge < -0.3 is 15.5 Å². The number of carbonyl (C=O) groups excluding carboxylic acids is 2. The van der Waals surface area contributed by atoms with Gasteiger partial charge in [0.25, 0.3) is 0 Å². The van der Waals surface area contributed by atoms with E-state index in [-0.39, 0.29) is 12.1 Å². The molecule has 108 valence electrons. The Bertz CT molecular complexity index is 491. The zero-order chi connectivity index (χ0) is 15.0. The molecule has 0 spiro atoms. The maximum Gasteiger partial charge on any atom is 0.329 e. The number of nitrogens with one attached hydrogen (secondary N) is 3. The topological polar surface area (TPSA) is 73.5 Å². The van der Waals surface area contributed by atoms with Crippen LogP contribution in [0.15, 0.2) is 36.9 Å². The molecule has 0 unspecified atom stereocenters. The normalized spacial score (nSPS) is 9.50. The Morgan fingerprint density at radius 3 is 2.55 bits per heavy atom. The smallest absolute Gasteiger partial charge is 0.329 e. The summed E-state index contributed by atoms with van der Waals surface area (Å²) in [6.45, 7) is 3.56. The summed E-state index contributed by atoms with van der Waals surface area (Å²) in [6.07, 6.45) is 1.70. The van der Waals surface area contributed by atoms with Crippen LogP contribution in [-0.4, -0.2) is 36.8 Å². The predicted octanol–water partition coefficient (Wildman–Crippen LogP) is 2.74. The van der Waals surface area contributed by atoms with Crippen LogP contribution in [0.25, 0.3) is 0 Å². The van der Waals surface area contributed by atoms with E-state index in [9.17, 15) is 9.59 Å². The third-order valence-corrected chi connectivity index (χ3v) is 2.88. The standard InChI is InChI=1S/C13H18N4O2S/c1-4-8-20-16-12(18)14-10-6-5-7-11(9-10)15-13(19)17(2)3/h4-7,9H,1,8H2,2-3H3,(H,15,19)(H2,14,16,18). The van der Waals surface area contributed by atoms with Gasteiger partial charge in [0.15, 0.2) is 0 Å². The first-order chi connectivity index (χ1) is 9.52. The highest BCUT2D eigenvalue weighted by atomic mass is 32.2. The fraction of sp³-hybridized carbons (Fsp3) is 0.231.